The van der Waals surface area contributed by atoms with E-state index in [1.54, 1.807) is 18.5 Å². The number of anilines is 2. The van der Waals surface area contributed by atoms with Gasteiger partial charge in [-0.2, -0.15) is 11.8 Å². The number of aromatic nitrogens is 3. The molecule has 3 heterocycles. The van der Waals surface area contributed by atoms with E-state index in [2.05, 4.69) is 20.3 Å². The van der Waals surface area contributed by atoms with E-state index in [1.165, 1.54) is 0 Å². The molecule has 1 saturated heterocycles. The highest BCUT2D eigenvalue weighted by Crippen LogP contribution is 2.25. The number of hydrogen-bond acceptors (Lipinski definition) is 6. The van der Waals surface area contributed by atoms with E-state index >= 15 is 0 Å². The second-order valence-electron chi connectivity index (χ2n) is 6.23. The highest BCUT2D eigenvalue weighted by atomic mass is 32.2. The number of fused-ring (bicyclic) bond motifs is 1. The van der Waals surface area contributed by atoms with Crippen LogP contribution >= 0.6 is 11.8 Å². The third-order valence-corrected chi connectivity index (χ3v) is 5.71. The van der Waals surface area contributed by atoms with Gasteiger partial charge in [0.2, 0.25) is 0 Å². The van der Waals surface area contributed by atoms with E-state index in [9.17, 15) is 4.79 Å². The first-order valence-electron chi connectivity index (χ1n) is 8.67. The molecule has 0 amide bonds. The zero-order valence-electron chi connectivity index (χ0n) is 14.3. The Labute approximate surface area is 155 Å². The Balaban J connectivity index is 1.54. The van der Waals surface area contributed by atoms with E-state index < -0.39 is 0 Å². The van der Waals surface area contributed by atoms with Crippen LogP contribution in [0.3, 0.4) is 0 Å². The standard InChI is InChI=1S/C19H20N4O2S/c24-19-16-4-3-13(21-14-2-1-7-20-11-14)10-17(16)22-18(23-19)12-26-15-5-8-25-9-6-15/h1-4,7,10-11,15,21H,5-6,8-9,12H2,(H,22,23,24). The largest absolute Gasteiger partial charge is 0.381 e. The molecule has 0 spiro atoms. The first kappa shape index (κ1) is 17.1. The lowest BCUT2D eigenvalue weighted by Gasteiger charge is -2.21. The lowest BCUT2D eigenvalue weighted by molar-refractivity contribution is 0.1000. The molecular weight excluding hydrogens is 348 g/mol. The number of aromatic amines is 1. The SMILES string of the molecule is O=c1[nH]c(CSC2CCOCC2)nc2cc(Nc3cccnc3)ccc12. The summed E-state index contributed by atoms with van der Waals surface area (Å²) in [6.45, 7) is 1.64. The lowest BCUT2D eigenvalue weighted by Crippen LogP contribution is -2.18. The predicted molar refractivity (Wildman–Crippen MR) is 105 cm³/mol. The molecule has 0 atom stereocenters. The Bertz CT molecular complexity index is 939. The summed E-state index contributed by atoms with van der Waals surface area (Å²) in [5.74, 6) is 1.42. The molecule has 4 rings (SSSR count). The molecule has 0 radical (unpaired) electrons. The average molecular weight is 368 g/mol. The fourth-order valence-electron chi connectivity index (χ4n) is 2.98. The maximum absolute atomic E-state index is 12.4. The summed E-state index contributed by atoms with van der Waals surface area (Å²) in [6, 6.07) is 9.40. The molecule has 3 aromatic rings. The minimum Gasteiger partial charge on any atom is -0.381 e. The minimum atomic E-state index is -0.0921. The van der Waals surface area contributed by atoms with Crippen molar-refractivity contribution in [2.45, 2.75) is 23.8 Å². The van der Waals surface area contributed by atoms with Crippen molar-refractivity contribution in [3.05, 3.63) is 58.9 Å². The molecule has 0 unspecified atom stereocenters. The van der Waals surface area contributed by atoms with E-state index in [0.29, 0.717) is 21.9 Å². The van der Waals surface area contributed by atoms with Gasteiger partial charge in [0.05, 0.1) is 28.5 Å². The van der Waals surface area contributed by atoms with E-state index in [0.717, 1.165) is 43.3 Å². The highest BCUT2D eigenvalue weighted by Gasteiger charge is 2.15. The van der Waals surface area contributed by atoms with E-state index in [-0.39, 0.29) is 5.56 Å². The quantitative estimate of drug-likeness (QED) is 0.718. The van der Waals surface area contributed by atoms with Crippen molar-refractivity contribution in [1.82, 2.24) is 15.0 Å². The van der Waals surface area contributed by atoms with Crippen molar-refractivity contribution in [2.75, 3.05) is 18.5 Å². The van der Waals surface area contributed by atoms with Crippen LogP contribution in [0, 0.1) is 0 Å². The Morgan fingerprint density at radius 3 is 2.92 bits per heavy atom. The molecule has 6 nitrogen and oxygen atoms in total. The number of hydrogen-bond donors (Lipinski definition) is 2. The molecule has 1 aromatic carbocycles. The molecule has 2 N–H and O–H groups in total. The van der Waals surface area contributed by atoms with Crippen LogP contribution in [0.2, 0.25) is 0 Å². The van der Waals surface area contributed by atoms with Crippen LogP contribution in [-0.4, -0.2) is 33.4 Å². The van der Waals surface area contributed by atoms with E-state index in [4.69, 9.17) is 4.74 Å². The predicted octanol–water partition coefficient (Wildman–Crippen LogP) is 3.47. The molecule has 0 saturated carbocycles. The summed E-state index contributed by atoms with van der Waals surface area (Å²) in [5.41, 5.74) is 2.38. The van der Waals surface area contributed by atoms with E-state index in [1.807, 2.05) is 36.0 Å². The number of nitrogens with zero attached hydrogens (tertiary/aromatic N) is 2. The van der Waals surface area contributed by atoms with Crippen molar-refractivity contribution in [3.63, 3.8) is 0 Å². The number of benzene rings is 1. The van der Waals surface area contributed by atoms with Gasteiger partial charge in [0, 0.05) is 30.3 Å². The van der Waals surface area contributed by atoms with Crippen molar-refractivity contribution >= 4 is 34.0 Å². The van der Waals surface area contributed by atoms with Crippen LogP contribution in [0.15, 0.2) is 47.5 Å². The molecular formula is C19H20N4O2S. The van der Waals surface area contributed by atoms with Gasteiger partial charge in [-0.15, -0.1) is 0 Å². The van der Waals surface area contributed by atoms with Crippen LogP contribution in [0.5, 0.6) is 0 Å². The molecule has 7 heteroatoms. The number of thioether (sulfide) groups is 1. The fraction of sp³-hybridized carbons (Fsp3) is 0.316. The first-order chi connectivity index (χ1) is 12.8. The molecule has 26 heavy (non-hydrogen) atoms. The van der Waals surface area contributed by atoms with Crippen LogP contribution < -0.4 is 10.9 Å². The average Bonchev–Trinajstić information content (AvgIpc) is 2.68. The number of nitrogens with one attached hydrogen (secondary N) is 2. The van der Waals surface area contributed by atoms with Crippen molar-refractivity contribution in [3.8, 4) is 0 Å². The Morgan fingerprint density at radius 2 is 2.12 bits per heavy atom. The summed E-state index contributed by atoms with van der Waals surface area (Å²) >= 11 is 1.84. The summed E-state index contributed by atoms with van der Waals surface area (Å²) < 4.78 is 5.39. The minimum absolute atomic E-state index is 0.0921. The zero-order chi connectivity index (χ0) is 17.8. The number of rotatable bonds is 5. The van der Waals surface area contributed by atoms with Gasteiger partial charge >= 0.3 is 0 Å². The summed E-state index contributed by atoms with van der Waals surface area (Å²) in [4.78, 5) is 24.0. The second-order valence-corrected chi connectivity index (χ2v) is 7.52. The monoisotopic (exact) mass is 368 g/mol. The summed E-state index contributed by atoms with van der Waals surface area (Å²) in [5, 5.41) is 4.46. The Morgan fingerprint density at radius 1 is 1.23 bits per heavy atom. The third-order valence-electron chi connectivity index (χ3n) is 4.33. The van der Waals surface area contributed by atoms with Crippen molar-refractivity contribution < 1.29 is 4.74 Å². The molecule has 2 aromatic heterocycles. The number of pyridine rings is 1. The Kier molecular flexibility index (Phi) is 5.17. The van der Waals surface area contributed by atoms with Gasteiger partial charge in [-0.1, -0.05) is 0 Å². The number of ether oxygens (including phenoxy) is 1. The van der Waals surface area contributed by atoms with Crippen LogP contribution in [0.1, 0.15) is 18.7 Å². The topological polar surface area (TPSA) is 79.9 Å². The molecule has 1 aliphatic heterocycles. The van der Waals surface area contributed by atoms with Crippen LogP contribution in [0.25, 0.3) is 10.9 Å². The lowest BCUT2D eigenvalue weighted by atomic mass is 10.2. The van der Waals surface area contributed by atoms with Gasteiger partial charge in [0.1, 0.15) is 5.82 Å². The highest BCUT2D eigenvalue weighted by molar-refractivity contribution is 7.99. The third kappa shape index (κ3) is 4.05. The van der Waals surface area contributed by atoms with Gasteiger partial charge in [-0.05, 0) is 43.2 Å². The normalized spacial score (nSPS) is 15.2. The molecule has 0 aliphatic carbocycles. The Hall–Kier alpha value is -2.38. The van der Waals surface area contributed by atoms with Gasteiger partial charge in [-0.25, -0.2) is 4.98 Å². The summed E-state index contributed by atoms with van der Waals surface area (Å²) in [6.07, 6.45) is 5.60. The maximum atomic E-state index is 12.4. The van der Waals surface area contributed by atoms with Crippen LogP contribution in [0.4, 0.5) is 11.4 Å². The van der Waals surface area contributed by atoms with Crippen molar-refractivity contribution in [2.24, 2.45) is 0 Å². The maximum Gasteiger partial charge on any atom is 0.258 e. The summed E-state index contributed by atoms with van der Waals surface area (Å²) in [7, 11) is 0. The molecule has 0 bridgehead atoms. The van der Waals surface area contributed by atoms with Gasteiger partial charge in [-0.3, -0.25) is 9.78 Å². The molecule has 134 valence electrons. The smallest absolute Gasteiger partial charge is 0.258 e. The van der Waals surface area contributed by atoms with Gasteiger partial charge in [0.25, 0.3) is 5.56 Å². The molecule has 1 fully saturated rings. The van der Waals surface area contributed by atoms with Crippen LogP contribution in [-0.2, 0) is 10.5 Å². The first-order valence-corrected chi connectivity index (χ1v) is 9.72. The fourth-order valence-corrected chi connectivity index (χ4v) is 4.03. The van der Waals surface area contributed by atoms with Gasteiger partial charge < -0.3 is 15.0 Å². The number of H-pyrrole nitrogens is 1. The van der Waals surface area contributed by atoms with Gasteiger partial charge in [0.15, 0.2) is 0 Å². The van der Waals surface area contributed by atoms with Crippen molar-refractivity contribution in [1.29, 1.82) is 0 Å². The molecule has 1 aliphatic rings. The zero-order valence-corrected chi connectivity index (χ0v) is 15.1. The second kappa shape index (κ2) is 7.88.